The van der Waals surface area contributed by atoms with Crippen molar-refractivity contribution in [2.45, 2.75) is 30.4 Å². The monoisotopic (exact) mass is 520 g/mol. The summed E-state index contributed by atoms with van der Waals surface area (Å²) in [6, 6.07) is 25.2. The van der Waals surface area contributed by atoms with Gasteiger partial charge < -0.3 is 10.1 Å². The summed E-state index contributed by atoms with van der Waals surface area (Å²) in [4.78, 5) is 25.2. The molecule has 0 bridgehead atoms. The third-order valence-electron chi connectivity index (χ3n) is 5.67. The maximum Gasteiger partial charge on any atom is 0.325 e. The first-order valence-electron chi connectivity index (χ1n) is 11.5. The Morgan fingerprint density at radius 3 is 2.24 bits per heavy atom. The standard InChI is InChI=1S/C28H25FN2O5S/c1-19(27(32)30-23-16-15-21-11-5-6-12-22(21)18-23)36-28(33)25(17-20-9-3-2-4-10-20)31-37(34,35)26-14-8-7-13-24(26)29/h2-16,18-19,25,31H,17H2,1H3,(H,30,32)/t19-,25-/m0/s1. The molecule has 1 amide bonds. The molecule has 0 fully saturated rings. The molecule has 190 valence electrons. The number of ether oxygens (including phenoxy) is 1. The van der Waals surface area contributed by atoms with Crippen LogP contribution in [0.3, 0.4) is 0 Å². The molecule has 0 unspecified atom stereocenters. The summed E-state index contributed by atoms with van der Waals surface area (Å²) in [5, 5.41) is 4.64. The predicted molar refractivity (Wildman–Crippen MR) is 139 cm³/mol. The van der Waals surface area contributed by atoms with E-state index in [0.717, 1.165) is 22.9 Å². The summed E-state index contributed by atoms with van der Waals surface area (Å²) >= 11 is 0. The van der Waals surface area contributed by atoms with Crippen molar-refractivity contribution in [2.75, 3.05) is 5.32 Å². The molecule has 4 aromatic rings. The molecule has 2 atom stereocenters. The van der Waals surface area contributed by atoms with E-state index in [9.17, 15) is 22.4 Å². The number of benzene rings is 4. The van der Waals surface area contributed by atoms with E-state index in [1.807, 2.05) is 30.3 Å². The Morgan fingerprint density at radius 2 is 1.51 bits per heavy atom. The molecular weight excluding hydrogens is 495 g/mol. The van der Waals surface area contributed by atoms with Gasteiger partial charge in [0.1, 0.15) is 16.8 Å². The van der Waals surface area contributed by atoms with E-state index in [-0.39, 0.29) is 6.42 Å². The van der Waals surface area contributed by atoms with Crippen LogP contribution in [0.1, 0.15) is 12.5 Å². The number of sulfonamides is 1. The van der Waals surface area contributed by atoms with Gasteiger partial charge in [-0.25, -0.2) is 12.8 Å². The fourth-order valence-corrected chi connectivity index (χ4v) is 5.02. The second-order valence-electron chi connectivity index (χ2n) is 8.42. The number of rotatable bonds is 9. The number of carbonyl (C=O) groups is 2. The van der Waals surface area contributed by atoms with Crippen molar-refractivity contribution >= 4 is 38.4 Å². The lowest BCUT2D eigenvalue weighted by molar-refractivity contribution is -0.154. The van der Waals surface area contributed by atoms with Gasteiger partial charge in [0.2, 0.25) is 10.0 Å². The summed E-state index contributed by atoms with van der Waals surface area (Å²) in [5.74, 6) is -2.51. The topological polar surface area (TPSA) is 102 Å². The van der Waals surface area contributed by atoms with Crippen LogP contribution in [0, 0.1) is 5.82 Å². The summed E-state index contributed by atoms with van der Waals surface area (Å²) in [6.45, 7) is 1.39. The number of carbonyl (C=O) groups excluding carboxylic acids is 2. The van der Waals surface area contributed by atoms with E-state index in [0.29, 0.717) is 11.3 Å². The molecule has 7 nitrogen and oxygen atoms in total. The number of esters is 1. The first kappa shape index (κ1) is 26.0. The van der Waals surface area contributed by atoms with Crippen molar-refractivity contribution < 1.29 is 27.1 Å². The van der Waals surface area contributed by atoms with Gasteiger partial charge in [-0.05, 0) is 53.9 Å². The Morgan fingerprint density at radius 1 is 0.865 bits per heavy atom. The normalized spacial score (nSPS) is 13.0. The van der Waals surface area contributed by atoms with Gasteiger partial charge in [-0.15, -0.1) is 0 Å². The predicted octanol–water partition coefficient (Wildman–Crippen LogP) is 4.44. The van der Waals surface area contributed by atoms with Crippen LogP contribution < -0.4 is 10.0 Å². The molecule has 0 spiro atoms. The molecule has 37 heavy (non-hydrogen) atoms. The van der Waals surface area contributed by atoms with Gasteiger partial charge in [-0.2, -0.15) is 4.72 Å². The number of hydrogen-bond donors (Lipinski definition) is 2. The molecule has 0 aliphatic heterocycles. The number of anilines is 1. The van der Waals surface area contributed by atoms with Crippen LogP contribution in [-0.2, 0) is 30.8 Å². The lowest BCUT2D eigenvalue weighted by Gasteiger charge is -2.21. The second kappa shape index (κ2) is 11.3. The van der Waals surface area contributed by atoms with Crippen LogP contribution in [0.4, 0.5) is 10.1 Å². The minimum absolute atomic E-state index is 0.0631. The molecular formula is C28H25FN2O5S. The molecule has 0 saturated heterocycles. The van der Waals surface area contributed by atoms with Gasteiger partial charge in [0, 0.05) is 5.69 Å². The summed E-state index contributed by atoms with van der Waals surface area (Å²) < 4.78 is 47.6. The first-order chi connectivity index (χ1) is 17.7. The maximum absolute atomic E-state index is 14.2. The van der Waals surface area contributed by atoms with Crippen molar-refractivity contribution in [3.63, 3.8) is 0 Å². The molecule has 0 aromatic heterocycles. The Balaban J connectivity index is 1.49. The zero-order valence-electron chi connectivity index (χ0n) is 19.9. The first-order valence-corrected chi connectivity index (χ1v) is 13.0. The van der Waals surface area contributed by atoms with Crippen molar-refractivity contribution in [3.05, 3.63) is 108 Å². The van der Waals surface area contributed by atoms with Gasteiger partial charge in [0.15, 0.2) is 6.10 Å². The number of hydrogen-bond acceptors (Lipinski definition) is 5. The summed E-state index contributed by atoms with van der Waals surface area (Å²) in [7, 11) is -4.41. The minimum atomic E-state index is -4.41. The third-order valence-corrected chi connectivity index (χ3v) is 7.17. The second-order valence-corrected chi connectivity index (χ2v) is 10.1. The number of fused-ring (bicyclic) bond motifs is 1. The smallest absolute Gasteiger partial charge is 0.325 e. The number of nitrogens with one attached hydrogen (secondary N) is 2. The van der Waals surface area contributed by atoms with Gasteiger partial charge in [-0.3, -0.25) is 9.59 Å². The van der Waals surface area contributed by atoms with E-state index in [2.05, 4.69) is 10.0 Å². The summed E-state index contributed by atoms with van der Waals surface area (Å²) in [6.07, 6.45) is -1.29. The Bertz CT molecular complexity index is 1530. The lowest BCUT2D eigenvalue weighted by atomic mass is 10.1. The average molecular weight is 521 g/mol. The van der Waals surface area contributed by atoms with E-state index in [4.69, 9.17) is 4.74 Å². The molecule has 0 aliphatic carbocycles. The molecule has 0 radical (unpaired) electrons. The molecule has 2 N–H and O–H groups in total. The van der Waals surface area contributed by atoms with Crippen LogP contribution in [0.2, 0.25) is 0 Å². The Labute approximate surface area is 214 Å². The molecule has 4 aromatic carbocycles. The van der Waals surface area contributed by atoms with E-state index < -0.39 is 44.8 Å². The van der Waals surface area contributed by atoms with Gasteiger partial charge in [0.05, 0.1) is 0 Å². The highest BCUT2D eigenvalue weighted by Crippen LogP contribution is 2.20. The van der Waals surface area contributed by atoms with Crippen LogP contribution >= 0.6 is 0 Å². The Kier molecular flexibility index (Phi) is 7.95. The molecule has 0 aliphatic rings. The van der Waals surface area contributed by atoms with Crippen molar-refractivity contribution in [2.24, 2.45) is 0 Å². The Hall–Kier alpha value is -4.08. The zero-order valence-corrected chi connectivity index (χ0v) is 20.7. The highest BCUT2D eigenvalue weighted by molar-refractivity contribution is 7.89. The van der Waals surface area contributed by atoms with Crippen LogP contribution in [-0.4, -0.2) is 32.4 Å². The lowest BCUT2D eigenvalue weighted by Crippen LogP contribution is -2.45. The zero-order chi connectivity index (χ0) is 26.4. The third kappa shape index (κ3) is 6.58. The van der Waals surface area contributed by atoms with Gasteiger partial charge in [-0.1, -0.05) is 72.8 Å². The van der Waals surface area contributed by atoms with Gasteiger partial charge in [0.25, 0.3) is 5.91 Å². The van der Waals surface area contributed by atoms with Crippen LogP contribution in [0.15, 0.2) is 102 Å². The maximum atomic E-state index is 14.2. The highest BCUT2D eigenvalue weighted by atomic mass is 32.2. The molecule has 9 heteroatoms. The number of amides is 1. The van der Waals surface area contributed by atoms with E-state index in [1.165, 1.54) is 19.1 Å². The fourth-order valence-electron chi connectivity index (χ4n) is 3.76. The van der Waals surface area contributed by atoms with Crippen LogP contribution in [0.5, 0.6) is 0 Å². The van der Waals surface area contributed by atoms with Crippen molar-refractivity contribution in [3.8, 4) is 0 Å². The highest BCUT2D eigenvalue weighted by Gasteiger charge is 2.31. The van der Waals surface area contributed by atoms with Crippen LogP contribution in [0.25, 0.3) is 10.8 Å². The quantitative estimate of drug-likeness (QED) is 0.318. The van der Waals surface area contributed by atoms with Crippen molar-refractivity contribution in [1.82, 2.24) is 4.72 Å². The van der Waals surface area contributed by atoms with Gasteiger partial charge >= 0.3 is 5.97 Å². The fraction of sp³-hybridized carbons (Fsp3) is 0.143. The molecule has 0 saturated carbocycles. The van der Waals surface area contributed by atoms with E-state index in [1.54, 1.807) is 42.5 Å². The van der Waals surface area contributed by atoms with Crippen molar-refractivity contribution in [1.29, 1.82) is 0 Å². The summed E-state index contributed by atoms with van der Waals surface area (Å²) in [5.41, 5.74) is 1.17. The molecule has 4 rings (SSSR count). The largest absolute Gasteiger partial charge is 0.451 e. The SMILES string of the molecule is C[C@H](OC(=O)[C@H](Cc1ccccc1)NS(=O)(=O)c1ccccc1F)C(=O)Nc1ccc2ccccc2c1. The average Bonchev–Trinajstić information content (AvgIpc) is 2.88. The minimum Gasteiger partial charge on any atom is -0.451 e. The van der Waals surface area contributed by atoms with E-state index >= 15 is 0 Å². The number of halogens is 1. The molecule has 0 heterocycles.